The first-order valence-electron chi connectivity index (χ1n) is 6.21. The van der Waals surface area contributed by atoms with E-state index in [4.69, 9.17) is 10.5 Å². The molecule has 0 heterocycles. The van der Waals surface area contributed by atoms with Gasteiger partial charge in [-0.05, 0) is 52.9 Å². The van der Waals surface area contributed by atoms with Crippen LogP contribution in [0, 0.1) is 6.92 Å². The van der Waals surface area contributed by atoms with Crippen LogP contribution in [0.25, 0.3) is 0 Å². The minimum atomic E-state index is -0.185. The summed E-state index contributed by atoms with van der Waals surface area (Å²) in [4.78, 5) is 0. The van der Waals surface area contributed by atoms with E-state index in [1.54, 1.807) is 7.11 Å². The van der Waals surface area contributed by atoms with E-state index < -0.39 is 0 Å². The summed E-state index contributed by atoms with van der Waals surface area (Å²) < 4.78 is 6.41. The molecule has 1 saturated carbocycles. The number of benzene rings is 1. The Hall–Kier alpha value is -0.540. The molecule has 0 radical (unpaired) electrons. The summed E-state index contributed by atoms with van der Waals surface area (Å²) in [6, 6.07) is 4.09. The monoisotopic (exact) mass is 297 g/mol. The number of rotatable bonds is 2. The van der Waals surface area contributed by atoms with Crippen LogP contribution >= 0.6 is 15.9 Å². The summed E-state index contributed by atoms with van der Waals surface area (Å²) in [5, 5.41) is 0. The zero-order valence-corrected chi connectivity index (χ0v) is 12.1. The molecule has 2 nitrogen and oxygen atoms in total. The number of nitrogens with two attached hydrogens (primary N) is 1. The smallest absolute Gasteiger partial charge is 0.133 e. The molecule has 0 unspecified atom stereocenters. The summed E-state index contributed by atoms with van der Waals surface area (Å²) in [5.74, 6) is 0.876. The number of halogens is 1. The molecular weight excluding hydrogens is 278 g/mol. The highest BCUT2D eigenvalue weighted by Crippen LogP contribution is 2.43. The third-order valence-corrected chi connectivity index (χ3v) is 4.57. The van der Waals surface area contributed by atoms with Gasteiger partial charge >= 0.3 is 0 Å². The van der Waals surface area contributed by atoms with Gasteiger partial charge in [0.05, 0.1) is 11.6 Å². The summed E-state index contributed by atoms with van der Waals surface area (Å²) in [6.45, 7) is 2.13. The fourth-order valence-electron chi connectivity index (χ4n) is 2.86. The first kappa shape index (κ1) is 12.9. The Balaban J connectivity index is 2.49. The molecule has 1 aromatic carbocycles. The van der Waals surface area contributed by atoms with Crippen LogP contribution in [0.4, 0.5) is 0 Å². The molecule has 0 bridgehead atoms. The average molecular weight is 298 g/mol. The minimum Gasteiger partial charge on any atom is -0.496 e. The van der Waals surface area contributed by atoms with E-state index in [-0.39, 0.29) is 5.54 Å². The second-order valence-electron chi connectivity index (χ2n) is 4.99. The molecule has 0 saturated heterocycles. The van der Waals surface area contributed by atoms with E-state index >= 15 is 0 Å². The second kappa shape index (κ2) is 4.99. The first-order valence-corrected chi connectivity index (χ1v) is 7.00. The maximum Gasteiger partial charge on any atom is 0.133 e. The molecular formula is C14H20BrNO. The van der Waals surface area contributed by atoms with Crippen LogP contribution in [-0.2, 0) is 5.54 Å². The van der Waals surface area contributed by atoms with E-state index in [0.29, 0.717) is 0 Å². The van der Waals surface area contributed by atoms with Gasteiger partial charge in [0.25, 0.3) is 0 Å². The Morgan fingerprint density at radius 2 is 1.88 bits per heavy atom. The maximum atomic E-state index is 6.62. The average Bonchev–Trinajstić information content (AvgIpc) is 2.30. The number of methoxy groups -OCH3 is 1. The van der Waals surface area contributed by atoms with Crippen LogP contribution in [0.1, 0.15) is 43.2 Å². The summed E-state index contributed by atoms with van der Waals surface area (Å²) in [7, 11) is 1.70. The van der Waals surface area contributed by atoms with Gasteiger partial charge in [-0.25, -0.2) is 0 Å². The van der Waals surface area contributed by atoms with Crippen molar-refractivity contribution in [1.29, 1.82) is 0 Å². The van der Waals surface area contributed by atoms with Gasteiger partial charge in [-0.15, -0.1) is 0 Å². The number of ether oxygens (including phenoxy) is 1. The number of aryl methyl sites for hydroxylation is 1. The highest BCUT2D eigenvalue weighted by Gasteiger charge is 2.33. The molecule has 0 aliphatic heterocycles. The lowest BCUT2D eigenvalue weighted by atomic mass is 9.76. The van der Waals surface area contributed by atoms with Crippen LogP contribution in [-0.4, -0.2) is 7.11 Å². The van der Waals surface area contributed by atoms with Crippen molar-refractivity contribution >= 4 is 15.9 Å². The molecule has 2 N–H and O–H groups in total. The van der Waals surface area contributed by atoms with Crippen LogP contribution in [0.2, 0.25) is 0 Å². The van der Waals surface area contributed by atoms with E-state index in [1.165, 1.54) is 30.4 Å². The topological polar surface area (TPSA) is 35.2 Å². The van der Waals surface area contributed by atoms with E-state index in [0.717, 1.165) is 23.1 Å². The van der Waals surface area contributed by atoms with E-state index in [2.05, 4.69) is 28.9 Å². The van der Waals surface area contributed by atoms with Crippen LogP contribution in [0.3, 0.4) is 0 Å². The van der Waals surface area contributed by atoms with E-state index in [9.17, 15) is 0 Å². The van der Waals surface area contributed by atoms with Gasteiger partial charge in [0.15, 0.2) is 0 Å². The van der Waals surface area contributed by atoms with Crippen molar-refractivity contribution < 1.29 is 4.74 Å². The third kappa shape index (κ3) is 2.36. The molecule has 1 aliphatic rings. The predicted octanol–water partition coefficient (Wildman–Crippen LogP) is 3.88. The molecule has 1 aliphatic carbocycles. The number of hydrogen-bond acceptors (Lipinski definition) is 2. The Morgan fingerprint density at radius 3 is 2.47 bits per heavy atom. The molecule has 0 amide bonds. The second-order valence-corrected chi connectivity index (χ2v) is 5.78. The van der Waals surface area contributed by atoms with Crippen LogP contribution in [0.5, 0.6) is 5.75 Å². The fourth-order valence-corrected chi connectivity index (χ4v) is 3.86. The third-order valence-electron chi connectivity index (χ3n) is 3.78. The van der Waals surface area contributed by atoms with Crippen LogP contribution in [0.15, 0.2) is 16.6 Å². The lowest BCUT2D eigenvalue weighted by molar-refractivity contribution is 0.298. The van der Waals surface area contributed by atoms with Crippen molar-refractivity contribution in [2.24, 2.45) is 5.73 Å². The van der Waals surface area contributed by atoms with Gasteiger partial charge in [-0.2, -0.15) is 0 Å². The molecule has 17 heavy (non-hydrogen) atoms. The largest absolute Gasteiger partial charge is 0.496 e. The summed E-state index contributed by atoms with van der Waals surface area (Å²) in [6.07, 6.45) is 5.89. The van der Waals surface area contributed by atoms with Gasteiger partial charge in [0.2, 0.25) is 0 Å². The lowest BCUT2D eigenvalue weighted by Crippen LogP contribution is -2.39. The van der Waals surface area contributed by atoms with Gasteiger partial charge < -0.3 is 10.5 Å². The fraction of sp³-hybridized carbons (Fsp3) is 0.571. The van der Waals surface area contributed by atoms with Crippen molar-refractivity contribution in [3.8, 4) is 5.75 Å². The molecule has 3 heteroatoms. The summed E-state index contributed by atoms with van der Waals surface area (Å²) in [5.41, 5.74) is 8.92. The highest BCUT2D eigenvalue weighted by molar-refractivity contribution is 9.10. The van der Waals surface area contributed by atoms with Crippen molar-refractivity contribution in [2.75, 3.05) is 7.11 Å². The molecule has 0 atom stereocenters. The minimum absolute atomic E-state index is 0.185. The van der Waals surface area contributed by atoms with Crippen molar-refractivity contribution in [2.45, 2.75) is 44.6 Å². The lowest BCUT2D eigenvalue weighted by Gasteiger charge is -2.36. The molecule has 1 aromatic rings. The van der Waals surface area contributed by atoms with Crippen LogP contribution < -0.4 is 10.5 Å². The first-order chi connectivity index (χ1) is 8.08. The molecule has 0 spiro atoms. The molecule has 2 rings (SSSR count). The molecule has 1 fully saturated rings. The normalized spacial score (nSPS) is 19.1. The van der Waals surface area contributed by atoms with Gasteiger partial charge in [0.1, 0.15) is 5.75 Å². The zero-order chi connectivity index (χ0) is 12.5. The summed E-state index contributed by atoms with van der Waals surface area (Å²) >= 11 is 3.66. The molecule has 0 aromatic heterocycles. The Labute approximate surface area is 112 Å². The van der Waals surface area contributed by atoms with E-state index in [1.807, 2.05) is 6.07 Å². The van der Waals surface area contributed by atoms with Gasteiger partial charge in [0, 0.05) is 5.54 Å². The zero-order valence-electron chi connectivity index (χ0n) is 10.6. The Morgan fingerprint density at radius 1 is 1.24 bits per heavy atom. The maximum absolute atomic E-state index is 6.62. The predicted molar refractivity (Wildman–Crippen MR) is 74.4 cm³/mol. The van der Waals surface area contributed by atoms with Crippen molar-refractivity contribution in [3.63, 3.8) is 0 Å². The van der Waals surface area contributed by atoms with Gasteiger partial charge in [-0.3, -0.25) is 0 Å². The van der Waals surface area contributed by atoms with Crippen molar-refractivity contribution in [1.82, 2.24) is 0 Å². The van der Waals surface area contributed by atoms with Crippen molar-refractivity contribution in [3.05, 3.63) is 27.7 Å². The Bertz CT molecular complexity index is 411. The quantitative estimate of drug-likeness (QED) is 0.899. The molecule has 94 valence electrons. The number of hydrogen-bond donors (Lipinski definition) is 1. The van der Waals surface area contributed by atoms with Gasteiger partial charge in [-0.1, -0.05) is 25.3 Å². The SMILES string of the molecule is COc1ccc(C)c(C2(N)CCCCC2)c1Br. The highest BCUT2D eigenvalue weighted by atomic mass is 79.9. The standard InChI is InChI=1S/C14H20BrNO/c1-10-6-7-11(17-2)13(15)12(10)14(16)8-4-3-5-9-14/h6-7H,3-5,8-9,16H2,1-2H3. The Kier molecular flexibility index (Phi) is 3.79.